The summed E-state index contributed by atoms with van der Waals surface area (Å²) in [5.74, 6) is 4.18. The summed E-state index contributed by atoms with van der Waals surface area (Å²) < 4.78 is 5.75. The van der Waals surface area contributed by atoms with Gasteiger partial charge >= 0.3 is 0 Å². The predicted octanol–water partition coefficient (Wildman–Crippen LogP) is 4.16. The highest BCUT2D eigenvalue weighted by Gasteiger charge is 2.25. The summed E-state index contributed by atoms with van der Waals surface area (Å²) in [5, 5.41) is 0. The molecular formula is C15H31OS+. The predicted molar refractivity (Wildman–Crippen MR) is 80.0 cm³/mol. The van der Waals surface area contributed by atoms with Gasteiger partial charge in [-0.2, -0.15) is 0 Å². The summed E-state index contributed by atoms with van der Waals surface area (Å²) in [6.45, 7) is 5.66. The first kappa shape index (κ1) is 15.4. The van der Waals surface area contributed by atoms with Gasteiger partial charge in [0.25, 0.3) is 0 Å². The summed E-state index contributed by atoms with van der Waals surface area (Å²) in [6, 6.07) is 0. The molecule has 1 fully saturated rings. The normalized spacial score (nSPS) is 21.9. The minimum Gasteiger partial charge on any atom is -0.373 e. The molecular weight excluding hydrogens is 228 g/mol. The third-order valence-electron chi connectivity index (χ3n) is 3.64. The van der Waals surface area contributed by atoms with Crippen LogP contribution in [0, 0.1) is 0 Å². The van der Waals surface area contributed by atoms with E-state index < -0.39 is 0 Å². The van der Waals surface area contributed by atoms with Gasteiger partial charge in [-0.3, -0.25) is 0 Å². The fraction of sp³-hybridized carbons (Fsp3) is 1.00. The van der Waals surface area contributed by atoms with Crippen LogP contribution < -0.4 is 0 Å². The third kappa shape index (κ3) is 7.35. The second-order valence-corrected chi connectivity index (χ2v) is 7.72. The summed E-state index contributed by atoms with van der Waals surface area (Å²) in [7, 11) is 0.647. The lowest BCUT2D eigenvalue weighted by Gasteiger charge is -2.11. The van der Waals surface area contributed by atoms with E-state index in [1.165, 1.54) is 68.6 Å². The fourth-order valence-corrected chi connectivity index (χ4v) is 4.56. The van der Waals surface area contributed by atoms with Crippen molar-refractivity contribution in [2.75, 3.05) is 23.9 Å². The van der Waals surface area contributed by atoms with E-state index in [4.69, 9.17) is 4.74 Å². The van der Waals surface area contributed by atoms with E-state index in [0.29, 0.717) is 17.0 Å². The number of ether oxygens (including phenoxy) is 1. The van der Waals surface area contributed by atoms with E-state index in [0.717, 1.165) is 6.61 Å². The molecule has 0 N–H and O–H groups in total. The molecule has 1 aliphatic rings. The zero-order chi connectivity index (χ0) is 12.3. The molecule has 0 spiro atoms. The number of hydrogen-bond acceptors (Lipinski definition) is 1. The molecule has 0 aromatic rings. The van der Waals surface area contributed by atoms with Crippen molar-refractivity contribution in [1.82, 2.24) is 0 Å². The molecule has 0 aliphatic carbocycles. The molecule has 102 valence electrons. The number of rotatable bonds is 10. The summed E-state index contributed by atoms with van der Waals surface area (Å²) in [6.07, 6.45) is 11.8. The van der Waals surface area contributed by atoms with Crippen molar-refractivity contribution < 1.29 is 4.74 Å². The first-order chi connectivity index (χ1) is 8.36. The number of hydrogen-bond donors (Lipinski definition) is 0. The molecule has 2 heteroatoms. The molecule has 1 saturated heterocycles. The maximum Gasteiger partial charge on any atom is 0.134 e. The molecule has 0 aromatic carbocycles. The Morgan fingerprint density at radius 2 is 1.82 bits per heavy atom. The largest absolute Gasteiger partial charge is 0.373 e. The van der Waals surface area contributed by atoms with Crippen LogP contribution in [-0.4, -0.2) is 30.0 Å². The monoisotopic (exact) mass is 259 g/mol. The van der Waals surface area contributed by atoms with Gasteiger partial charge in [0.15, 0.2) is 0 Å². The molecule has 2 unspecified atom stereocenters. The first-order valence-electron chi connectivity index (χ1n) is 7.62. The number of unbranched alkanes of at least 4 members (excludes halogenated alkanes) is 5. The Labute approximate surface area is 111 Å². The molecule has 2 atom stereocenters. The Balaban J connectivity index is 1.97. The lowest BCUT2D eigenvalue weighted by Crippen LogP contribution is -2.24. The average molecular weight is 259 g/mol. The Morgan fingerprint density at radius 1 is 1.06 bits per heavy atom. The smallest absolute Gasteiger partial charge is 0.134 e. The van der Waals surface area contributed by atoms with Crippen LogP contribution in [0.1, 0.15) is 65.2 Å². The van der Waals surface area contributed by atoms with Crippen molar-refractivity contribution in [3.63, 3.8) is 0 Å². The standard InChI is InChI=1S/C15H31OS/c1-3-5-6-7-8-9-13-17(4-2)14-15-11-10-12-16-15/h15H,3-14H2,1-2H3/q+1. The highest BCUT2D eigenvalue weighted by atomic mass is 32.2. The Kier molecular flexibility index (Phi) is 9.27. The molecule has 0 amide bonds. The topological polar surface area (TPSA) is 9.23 Å². The summed E-state index contributed by atoms with van der Waals surface area (Å²) in [5.41, 5.74) is 0. The van der Waals surface area contributed by atoms with Crippen molar-refractivity contribution in [2.24, 2.45) is 0 Å². The van der Waals surface area contributed by atoms with Gasteiger partial charge in [0, 0.05) is 6.61 Å². The van der Waals surface area contributed by atoms with Crippen LogP contribution in [0.4, 0.5) is 0 Å². The van der Waals surface area contributed by atoms with Crippen molar-refractivity contribution in [1.29, 1.82) is 0 Å². The maximum absolute atomic E-state index is 5.75. The molecule has 0 aromatic heterocycles. The highest BCUT2D eigenvalue weighted by Crippen LogP contribution is 2.16. The van der Waals surface area contributed by atoms with Gasteiger partial charge in [-0.1, -0.05) is 32.6 Å². The van der Waals surface area contributed by atoms with Gasteiger partial charge in [0.05, 0.1) is 0 Å². The average Bonchev–Trinajstić information content (AvgIpc) is 2.85. The lowest BCUT2D eigenvalue weighted by atomic mass is 10.1. The highest BCUT2D eigenvalue weighted by molar-refractivity contribution is 7.96. The summed E-state index contributed by atoms with van der Waals surface area (Å²) >= 11 is 0. The van der Waals surface area contributed by atoms with Crippen molar-refractivity contribution in [2.45, 2.75) is 71.3 Å². The molecule has 17 heavy (non-hydrogen) atoms. The van der Waals surface area contributed by atoms with E-state index in [1.807, 2.05) is 0 Å². The second-order valence-electron chi connectivity index (χ2n) is 5.17. The lowest BCUT2D eigenvalue weighted by molar-refractivity contribution is 0.128. The van der Waals surface area contributed by atoms with Crippen LogP contribution in [-0.2, 0) is 15.6 Å². The minimum absolute atomic E-state index is 0.610. The van der Waals surface area contributed by atoms with Gasteiger partial charge < -0.3 is 4.74 Å². The van der Waals surface area contributed by atoms with Crippen LogP contribution in [0.3, 0.4) is 0 Å². The minimum atomic E-state index is 0.610. The Bertz CT molecular complexity index is 166. The van der Waals surface area contributed by atoms with Crippen molar-refractivity contribution >= 4 is 10.9 Å². The molecule has 1 heterocycles. The van der Waals surface area contributed by atoms with Gasteiger partial charge in [0.1, 0.15) is 23.4 Å². The first-order valence-corrected chi connectivity index (χ1v) is 9.35. The van der Waals surface area contributed by atoms with Crippen LogP contribution in [0.25, 0.3) is 0 Å². The van der Waals surface area contributed by atoms with E-state index in [-0.39, 0.29) is 0 Å². The van der Waals surface area contributed by atoms with Crippen LogP contribution in [0.5, 0.6) is 0 Å². The fourth-order valence-electron chi connectivity index (χ4n) is 2.47. The van der Waals surface area contributed by atoms with Gasteiger partial charge in [-0.05, 0) is 43.5 Å². The zero-order valence-corrected chi connectivity index (χ0v) is 12.7. The third-order valence-corrected chi connectivity index (χ3v) is 6.17. The molecule has 0 bridgehead atoms. The second kappa shape index (κ2) is 10.3. The van der Waals surface area contributed by atoms with Gasteiger partial charge in [-0.25, -0.2) is 0 Å². The Hall–Kier alpha value is 0.310. The molecule has 0 saturated carbocycles. The molecule has 1 nitrogen and oxygen atoms in total. The SMILES string of the molecule is CCCCCCCC[S+](CC)CC1CCCO1. The van der Waals surface area contributed by atoms with Gasteiger partial charge in [-0.15, -0.1) is 0 Å². The van der Waals surface area contributed by atoms with E-state index in [9.17, 15) is 0 Å². The summed E-state index contributed by atoms with van der Waals surface area (Å²) in [4.78, 5) is 0. The van der Waals surface area contributed by atoms with E-state index in [1.54, 1.807) is 0 Å². The van der Waals surface area contributed by atoms with E-state index in [2.05, 4.69) is 13.8 Å². The van der Waals surface area contributed by atoms with Crippen LogP contribution >= 0.6 is 0 Å². The quantitative estimate of drug-likeness (QED) is 0.423. The Morgan fingerprint density at radius 3 is 2.47 bits per heavy atom. The molecule has 1 aliphatic heterocycles. The zero-order valence-electron chi connectivity index (χ0n) is 11.9. The van der Waals surface area contributed by atoms with Crippen molar-refractivity contribution in [3.05, 3.63) is 0 Å². The van der Waals surface area contributed by atoms with Crippen LogP contribution in [0.2, 0.25) is 0 Å². The molecule has 0 radical (unpaired) electrons. The van der Waals surface area contributed by atoms with Crippen molar-refractivity contribution in [3.8, 4) is 0 Å². The van der Waals surface area contributed by atoms with E-state index >= 15 is 0 Å². The van der Waals surface area contributed by atoms with Gasteiger partial charge in [0.2, 0.25) is 0 Å². The molecule has 1 rings (SSSR count). The van der Waals surface area contributed by atoms with Crippen LogP contribution in [0.15, 0.2) is 0 Å². The maximum atomic E-state index is 5.75.